The standard InChI is InChI=1S/C51H79O15P/c1-3-5-7-8-9-10-11-12-13-14-15-16-17-18-22-25-31-37-44(54)63-39-43(40-64-67(61,62)66-51-49(59)47(57)46(56)48(58)50(51)60)65-45(55)38-32-26-30-36-42(53)35-29-24-21-19-20-23-28-34-41(52)33-27-6-4-2/h5-7,9-10,12-13,15-16,20-21,23-24,27-30,34-36,41-43,46-53,56-60H,3-4,8,11,14,17-19,22,25-26,31-33,37-40H2,1-2H3,(H,61,62)/b7-5-,10-9-,13-12-,16-15-,23-20-,24-21-,27-6-,34-28+,35-29+,36-30-/t41-,42-,43+,46?,47-,48+,49+,50+,51?/m0/s1. The number of aliphatic hydroxyl groups excluding tert-OH is 7. The van der Waals surface area contributed by atoms with Crippen LogP contribution in [0.15, 0.2) is 122 Å². The Morgan fingerprint density at radius 2 is 1.07 bits per heavy atom. The van der Waals surface area contributed by atoms with E-state index in [1.165, 1.54) is 0 Å². The van der Waals surface area contributed by atoms with E-state index in [1.807, 2.05) is 37.3 Å². The number of rotatable bonds is 36. The van der Waals surface area contributed by atoms with Crippen LogP contribution < -0.4 is 0 Å². The maximum absolute atomic E-state index is 12.8. The highest BCUT2D eigenvalue weighted by atomic mass is 31.2. The molecule has 1 rings (SSSR count). The van der Waals surface area contributed by atoms with E-state index in [4.69, 9.17) is 18.5 Å². The second kappa shape index (κ2) is 39.1. The fourth-order valence-corrected chi connectivity index (χ4v) is 7.17. The number of hydrogen-bond acceptors (Lipinski definition) is 14. The highest BCUT2D eigenvalue weighted by Crippen LogP contribution is 2.47. The highest BCUT2D eigenvalue weighted by molar-refractivity contribution is 7.47. The van der Waals surface area contributed by atoms with Gasteiger partial charge < -0.3 is 50.1 Å². The molecule has 0 bridgehead atoms. The molecule has 0 aromatic rings. The van der Waals surface area contributed by atoms with E-state index in [0.29, 0.717) is 32.1 Å². The fourth-order valence-electron chi connectivity index (χ4n) is 6.19. The van der Waals surface area contributed by atoms with E-state index in [2.05, 4.69) is 55.5 Å². The molecule has 1 aliphatic rings. The van der Waals surface area contributed by atoms with Crippen molar-refractivity contribution in [3.63, 3.8) is 0 Å². The lowest BCUT2D eigenvalue weighted by molar-refractivity contribution is -0.220. The van der Waals surface area contributed by atoms with Crippen LogP contribution in [-0.4, -0.2) is 121 Å². The topological polar surface area (TPSA) is 250 Å². The number of ether oxygens (including phenoxy) is 2. The molecule has 10 atom stereocenters. The van der Waals surface area contributed by atoms with E-state index in [0.717, 1.165) is 57.8 Å². The summed E-state index contributed by atoms with van der Waals surface area (Å²) in [7, 11) is -5.19. The van der Waals surface area contributed by atoms with Gasteiger partial charge >= 0.3 is 19.8 Å². The summed E-state index contributed by atoms with van der Waals surface area (Å²) in [6.45, 7) is 2.80. The summed E-state index contributed by atoms with van der Waals surface area (Å²) >= 11 is 0. The molecule has 1 fully saturated rings. The van der Waals surface area contributed by atoms with Crippen LogP contribution in [0.4, 0.5) is 0 Å². The zero-order valence-corrected chi connectivity index (χ0v) is 40.2. The Kier molecular flexibility index (Phi) is 35.7. The molecule has 16 heteroatoms. The predicted octanol–water partition coefficient (Wildman–Crippen LogP) is 7.33. The second-order valence-electron chi connectivity index (χ2n) is 15.9. The number of carbonyl (C=O) groups is 2. The lowest BCUT2D eigenvalue weighted by atomic mass is 9.85. The molecule has 0 aromatic heterocycles. The number of hydrogen-bond donors (Lipinski definition) is 8. The lowest BCUT2D eigenvalue weighted by Crippen LogP contribution is -2.64. The molecule has 0 amide bonds. The van der Waals surface area contributed by atoms with Crippen molar-refractivity contribution in [1.82, 2.24) is 0 Å². The molecule has 1 saturated carbocycles. The Balaban J connectivity index is 2.60. The maximum atomic E-state index is 12.8. The minimum Gasteiger partial charge on any atom is -0.462 e. The van der Waals surface area contributed by atoms with E-state index in [1.54, 1.807) is 42.5 Å². The monoisotopic (exact) mass is 963 g/mol. The number of aliphatic hydroxyl groups is 7. The summed E-state index contributed by atoms with van der Waals surface area (Å²) in [4.78, 5) is 35.7. The van der Waals surface area contributed by atoms with Crippen molar-refractivity contribution in [3.05, 3.63) is 122 Å². The largest absolute Gasteiger partial charge is 0.472 e. The molecule has 0 aromatic carbocycles. The van der Waals surface area contributed by atoms with Crippen molar-refractivity contribution in [2.45, 2.75) is 172 Å². The first kappa shape index (κ1) is 61.2. The van der Waals surface area contributed by atoms with Crippen molar-refractivity contribution in [1.29, 1.82) is 0 Å². The van der Waals surface area contributed by atoms with Gasteiger partial charge in [0, 0.05) is 12.8 Å². The molecule has 15 nitrogen and oxygen atoms in total. The Morgan fingerprint density at radius 3 is 1.72 bits per heavy atom. The van der Waals surface area contributed by atoms with Gasteiger partial charge in [-0.05, 0) is 77.0 Å². The molecule has 67 heavy (non-hydrogen) atoms. The average Bonchev–Trinajstić information content (AvgIpc) is 3.30. The van der Waals surface area contributed by atoms with Gasteiger partial charge in [0.1, 0.15) is 43.2 Å². The SMILES string of the molecule is CC/C=C\C/C=C\C/C=C\C/C=C\CCCCCCC(=O)OC[C@H](COP(=O)(O)OC1[C@H](O)[C@H](O)C(O)[C@H](O)[C@H]1O)OC(=O)CCC/C=C\[C@@H](O)/C=C/C=C\C/C=C\C=C\[C@@H](O)C/C=C\CC. The fraction of sp³-hybridized carbons (Fsp3) is 0.569. The second-order valence-corrected chi connectivity index (χ2v) is 17.3. The molecule has 1 aliphatic carbocycles. The minimum absolute atomic E-state index is 0.0874. The van der Waals surface area contributed by atoms with Gasteiger partial charge in [-0.2, -0.15) is 0 Å². The third kappa shape index (κ3) is 31.8. The Morgan fingerprint density at radius 1 is 0.552 bits per heavy atom. The van der Waals surface area contributed by atoms with Gasteiger partial charge in [0.25, 0.3) is 0 Å². The Hall–Kier alpha value is -3.83. The van der Waals surface area contributed by atoms with Crippen LogP contribution in [0.25, 0.3) is 0 Å². The van der Waals surface area contributed by atoms with Gasteiger partial charge in [-0.15, -0.1) is 0 Å². The number of phosphoric ester groups is 1. The Bertz CT molecular complexity index is 1660. The van der Waals surface area contributed by atoms with Gasteiger partial charge in [-0.3, -0.25) is 18.6 Å². The summed E-state index contributed by atoms with van der Waals surface area (Å²) in [5, 5.41) is 70.3. The third-order valence-corrected chi connectivity index (χ3v) is 11.0. The van der Waals surface area contributed by atoms with Crippen LogP contribution in [0, 0.1) is 0 Å². The molecule has 0 saturated heterocycles. The quantitative estimate of drug-likeness (QED) is 0.0101. The normalized spacial score (nSPS) is 23.2. The van der Waals surface area contributed by atoms with Crippen LogP contribution in [0.5, 0.6) is 0 Å². The third-order valence-electron chi connectivity index (χ3n) is 9.97. The summed E-state index contributed by atoms with van der Waals surface area (Å²) in [5.41, 5.74) is 0. The molecular formula is C51H79O15P. The molecular weight excluding hydrogens is 884 g/mol. The number of esters is 2. The van der Waals surface area contributed by atoms with Crippen molar-refractivity contribution < 1.29 is 73.3 Å². The van der Waals surface area contributed by atoms with Gasteiger partial charge in [0.2, 0.25) is 0 Å². The van der Waals surface area contributed by atoms with Gasteiger partial charge in [0.05, 0.1) is 18.8 Å². The molecule has 0 spiro atoms. The average molecular weight is 963 g/mol. The van der Waals surface area contributed by atoms with E-state index >= 15 is 0 Å². The van der Waals surface area contributed by atoms with Crippen LogP contribution >= 0.6 is 7.82 Å². The van der Waals surface area contributed by atoms with E-state index in [9.17, 15) is 54.8 Å². The van der Waals surface area contributed by atoms with Gasteiger partial charge in [0.15, 0.2) is 6.10 Å². The summed E-state index contributed by atoms with van der Waals surface area (Å²) in [6, 6.07) is 0. The van der Waals surface area contributed by atoms with Crippen LogP contribution in [0.1, 0.15) is 117 Å². The van der Waals surface area contributed by atoms with Crippen molar-refractivity contribution >= 4 is 19.8 Å². The van der Waals surface area contributed by atoms with Crippen LogP contribution in [-0.2, 0) is 32.7 Å². The zero-order chi connectivity index (χ0) is 49.5. The number of unbranched alkanes of at least 4 members (excludes halogenated alkanes) is 5. The van der Waals surface area contributed by atoms with Crippen molar-refractivity contribution in [2.24, 2.45) is 0 Å². The van der Waals surface area contributed by atoms with E-state index < -0.39 is 87.9 Å². The molecule has 3 unspecified atom stereocenters. The van der Waals surface area contributed by atoms with Crippen LogP contribution in [0.2, 0.25) is 0 Å². The van der Waals surface area contributed by atoms with Crippen molar-refractivity contribution in [2.75, 3.05) is 13.2 Å². The predicted molar refractivity (Wildman–Crippen MR) is 260 cm³/mol. The highest BCUT2D eigenvalue weighted by Gasteiger charge is 2.51. The number of carbonyl (C=O) groups excluding carboxylic acids is 2. The molecule has 0 aliphatic heterocycles. The van der Waals surface area contributed by atoms with E-state index in [-0.39, 0.29) is 12.8 Å². The zero-order valence-electron chi connectivity index (χ0n) is 39.4. The number of phosphoric acid groups is 1. The lowest BCUT2D eigenvalue weighted by Gasteiger charge is -2.41. The van der Waals surface area contributed by atoms with Gasteiger partial charge in [-0.25, -0.2) is 4.57 Å². The number of allylic oxidation sites excluding steroid dienone is 16. The summed E-state index contributed by atoms with van der Waals surface area (Å²) in [5.74, 6) is -1.33. The summed E-state index contributed by atoms with van der Waals surface area (Å²) < 4.78 is 33.4. The molecule has 0 heterocycles. The smallest absolute Gasteiger partial charge is 0.462 e. The first-order valence-corrected chi connectivity index (χ1v) is 25.1. The van der Waals surface area contributed by atoms with Gasteiger partial charge in [-0.1, -0.05) is 148 Å². The summed E-state index contributed by atoms with van der Waals surface area (Å²) in [6.07, 6.45) is 34.5. The molecule has 378 valence electrons. The minimum atomic E-state index is -5.19. The Labute approximate surface area is 398 Å². The molecule has 8 N–H and O–H groups in total. The van der Waals surface area contributed by atoms with Crippen LogP contribution in [0.3, 0.4) is 0 Å². The first-order valence-electron chi connectivity index (χ1n) is 23.6. The van der Waals surface area contributed by atoms with Crippen molar-refractivity contribution in [3.8, 4) is 0 Å². The molecule has 0 radical (unpaired) electrons. The first-order chi connectivity index (χ1) is 32.2. The maximum Gasteiger partial charge on any atom is 0.472 e.